The third-order valence-corrected chi connectivity index (χ3v) is 5.67. The van der Waals surface area contributed by atoms with Gasteiger partial charge in [-0.2, -0.15) is 5.10 Å². The average Bonchev–Trinajstić information content (AvgIpc) is 3.53. The first-order valence-corrected chi connectivity index (χ1v) is 10.8. The molecule has 2 aromatic carbocycles. The van der Waals surface area contributed by atoms with Crippen molar-refractivity contribution in [2.45, 2.75) is 6.54 Å². The fourth-order valence-electron chi connectivity index (χ4n) is 3.97. The lowest BCUT2D eigenvalue weighted by atomic mass is 10.2. The number of rotatable bonds is 6. The van der Waals surface area contributed by atoms with E-state index in [1.807, 2.05) is 47.3 Å². The number of benzene rings is 2. The Kier molecular flexibility index (Phi) is 6.05. The average molecular weight is 499 g/mol. The molecule has 6 aromatic rings. The van der Waals surface area contributed by atoms with Crippen molar-refractivity contribution in [1.29, 1.82) is 0 Å². The second-order valence-corrected chi connectivity index (χ2v) is 7.96. The van der Waals surface area contributed by atoms with E-state index in [-0.39, 0.29) is 18.2 Å². The summed E-state index contributed by atoms with van der Waals surface area (Å²) in [5.74, 6) is -0.332. The first-order chi connectivity index (χ1) is 17.1. The van der Waals surface area contributed by atoms with Crippen molar-refractivity contribution in [2.24, 2.45) is 0 Å². The van der Waals surface area contributed by atoms with E-state index < -0.39 is 5.97 Å². The van der Waals surface area contributed by atoms with E-state index in [0.717, 1.165) is 22.0 Å². The zero-order valence-corrected chi connectivity index (χ0v) is 19.5. The van der Waals surface area contributed by atoms with Gasteiger partial charge in [-0.15, -0.1) is 12.4 Å². The van der Waals surface area contributed by atoms with Gasteiger partial charge in [0.2, 0.25) is 5.76 Å². The number of pyridine rings is 1. The van der Waals surface area contributed by atoms with E-state index in [9.17, 15) is 4.79 Å². The van der Waals surface area contributed by atoms with Crippen LogP contribution in [0.15, 0.2) is 89.9 Å². The van der Waals surface area contributed by atoms with E-state index in [1.165, 1.54) is 18.0 Å². The van der Waals surface area contributed by atoms with E-state index in [4.69, 9.17) is 9.52 Å². The van der Waals surface area contributed by atoms with Crippen molar-refractivity contribution in [1.82, 2.24) is 24.7 Å². The van der Waals surface area contributed by atoms with E-state index in [2.05, 4.69) is 37.5 Å². The van der Waals surface area contributed by atoms with Crippen LogP contribution < -0.4 is 5.32 Å². The van der Waals surface area contributed by atoms with Crippen molar-refractivity contribution in [2.75, 3.05) is 5.32 Å². The first-order valence-electron chi connectivity index (χ1n) is 10.8. The van der Waals surface area contributed by atoms with Gasteiger partial charge >= 0.3 is 5.97 Å². The number of nitrogens with one attached hydrogen (secondary N) is 1. The highest BCUT2D eigenvalue weighted by Crippen LogP contribution is 2.29. The van der Waals surface area contributed by atoms with Crippen LogP contribution in [0.5, 0.6) is 0 Å². The van der Waals surface area contributed by atoms with Gasteiger partial charge in [0.05, 0.1) is 30.0 Å². The molecule has 6 rings (SSSR count). The Morgan fingerprint density at radius 1 is 0.972 bits per heavy atom. The SMILES string of the molecule is Cl.O=C(O)c1ccc(-c2cc3c(Nc4ccc5c(cnn5Cc5ccccc5)c4)ncnc3cn2)o1. The second kappa shape index (κ2) is 9.47. The van der Waals surface area contributed by atoms with Gasteiger partial charge in [0.15, 0.2) is 5.76 Å². The number of aromatic carboxylic acids is 1. The summed E-state index contributed by atoms with van der Waals surface area (Å²) in [6.45, 7) is 0.694. The number of anilines is 2. The smallest absolute Gasteiger partial charge is 0.371 e. The van der Waals surface area contributed by atoms with Gasteiger partial charge in [-0.3, -0.25) is 9.67 Å². The second-order valence-electron chi connectivity index (χ2n) is 7.96. The molecule has 0 spiro atoms. The monoisotopic (exact) mass is 498 g/mol. The molecule has 4 heterocycles. The summed E-state index contributed by atoms with van der Waals surface area (Å²) >= 11 is 0. The number of furan rings is 1. The minimum absolute atomic E-state index is 0. The summed E-state index contributed by atoms with van der Waals surface area (Å²) in [5, 5.41) is 18.8. The van der Waals surface area contributed by atoms with Gasteiger partial charge < -0.3 is 14.8 Å². The molecule has 0 bridgehead atoms. The summed E-state index contributed by atoms with van der Waals surface area (Å²) < 4.78 is 7.37. The number of hydrogen-bond acceptors (Lipinski definition) is 7. The maximum atomic E-state index is 11.2. The molecule has 0 atom stereocenters. The zero-order valence-electron chi connectivity index (χ0n) is 18.7. The lowest BCUT2D eigenvalue weighted by Crippen LogP contribution is -2.01. The van der Waals surface area contributed by atoms with Gasteiger partial charge in [0.1, 0.15) is 17.8 Å². The van der Waals surface area contributed by atoms with Crippen molar-refractivity contribution < 1.29 is 14.3 Å². The lowest BCUT2D eigenvalue weighted by Gasteiger charge is -2.10. The van der Waals surface area contributed by atoms with Crippen LogP contribution in [0, 0.1) is 0 Å². The highest BCUT2D eigenvalue weighted by atomic mass is 35.5. The fraction of sp³-hybridized carbons (Fsp3) is 0.0385. The molecule has 9 nitrogen and oxygen atoms in total. The molecule has 0 aliphatic carbocycles. The van der Waals surface area contributed by atoms with E-state index >= 15 is 0 Å². The normalized spacial score (nSPS) is 10.9. The number of carboxylic acid groups (broad SMARTS) is 1. The van der Waals surface area contributed by atoms with Crippen LogP contribution in [-0.2, 0) is 6.54 Å². The number of halogens is 1. The lowest BCUT2D eigenvalue weighted by molar-refractivity contribution is 0.0663. The Morgan fingerprint density at radius 3 is 2.64 bits per heavy atom. The fourth-order valence-corrected chi connectivity index (χ4v) is 3.97. The first kappa shape index (κ1) is 23.0. The molecule has 0 radical (unpaired) electrons. The van der Waals surface area contributed by atoms with Crippen LogP contribution in [-0.4, -0.2) is 35.8 Å². The zero-order chi connectivity index (χ0) is 23.8. The minimum Gasteiger partial charge on any atom is -0.475 e. The number of carbonyl (C=O) groups is 1. The minimum atomic E-state index is -1.13. The summed E-state index contributed by atoms with van der Waals surface area (Å²) in [6.07, 6.45) is 4.93. The number of nitrogens with zero attached hydrogens (tertiary/aromatic N) is 5. The number of aromatic nitrogens is 5. The van der Waals surface area contributed by atoms with Crippen LogP contribution in [0.4, 0.5) is 11.5 Å². The van der Waals surface area contributed by atoms with Gasteiger partial charge in [-0.1, -0.05) is 30.3 Å². The highest BCUT2D eigenvalue weighted by Gasteiger charge is 2.14. The molecular weight excluding hydrogens is 480 g/mol. The van der Waals surface area contributed by atoms with E-state index in [1.54, 1.807) is 18.3 Å². The van der Waals surface area contributed by atoms with Crippen molar-refractivity contribution >= 4 is 51.7 Å². The number of hydrogen-bond donors (Lipinski definition) is 2. The van der Waals surface area contributed by atoms with Crippen molar-refractivity contribution in [3.05, 3.63) is 96.8 Å². The maximum absolute atomic E-state index is 11.2. The molecule has 0 aliphatic rings. The standard InChI is InChI=1S/C26H18N6O3.ClH/c33-26(34)24-9-8-23(35-24)20-11-19-21(13-27-20)28-15-29-25(19)31-18-6-7-22-17(10-18)12-30-32(22)14-16-4-2-1-3-5-16;/h1-13,15H,14H2,(H,33,34)(H,28,29,31);1H. The molecular formula is C26H19ClN6O3. The molecule has 178 valence electrons. The highest BCUT2D eigenvalue weighted by molar-refractivity contribution is 5.93. The molecule has 0 saturated heterocycles. The predicted octanol–water partition coefficient (Wildman–Crippen LogP) is 5.55. The summed E-state index contributed by atoms with van der Waals surface area (Å²) in [6, 6.07) is 21.0. The Hall–Kier alpha value is -4.76. The number of carboxylic acids is 1. The van der Waals surface area contributed by atoms with Crippen molar-refractivity contribution in [3.63, 3.8) is 0 Å². The maximum Gasteiger partial charge on any atom is 0.371 e. The molecule has 0 saturated carbocycles. The molecule has 0 aliphatic heterocycles. The summed E-state index contributed by atoms with van der Waals surface area (Å²) in [5.41, 5.74) is 4.20. The largest absolute Gasteiger partial charge is 0.475 e. The number of fused-ring (bicyclic) bond motifs is 2. The molecule has 0 unspecified atom stereocenters. The summed E-state index contributed by atoms with van der Waals surface area (Å²) in [7, 11) is 0. The van der Waals surface area contributed by atoms with Crippen LogP contribution in [0.25, 0.3) is 33.3 Å². The van der Waals surface area contributed by atoms with Gasteiger partial charge in [0, 0.05) is 16.5 Å². The van der Waals surface area contributed by atoms with Gasteiger partial charge in [-0.25, -0.2) is 14.8 Å². The topological polar surface area (TPSA) is 119 Å². The third-order valence-electron chi connectivity index (χ3n) is 5.67. The molecule has 0 fully saturated rings. The quantitative estimate of drug-likeness (QED) is 0.307. The third kappa shape index (κ3) is 4.35. The molecule has 10 heteroatoms. The molecule has 0 amide bonds. The van der Waals surface area contributed by atoms with Crippen LogP contribution in [0.1, 0.15) is 16.1 Å². The summed E-state index contributed by atoms with van der Waals surface area (Å²) in [4.78, 5) is 24.2. The van der Waals surface area contributed by atoms with Gasteiger partial charge in [0.25, 0.3) is 0 Å². The predicted molar refractivity (Wildman–Crippen MR) is 138 cm³/mol. The molecule has 4 aromatic heterocycles. The van der Waals surface area contributed by atoms with Crippen LogP contribution >= 0.6 is 12.4 Å². The molecule has 2 N–H and O–H groups in total. The van der Waals surface area contributed by atoms with Gasteiger partial charge in [-0.05, 0) is 42.0 Å². The van der Waals surface area contributed by atoms with Crippen LogP contribution in [0.3, 0.4) is 0 Å². The van der Waals surface area contributed by atoms with Crippen LogP contribution in [0.2, 0.25) is 0 Å². The Labute approximate surface area is 210 Å². The Balaban J connectivity index is 0.00000267. The molecule has 36 heavy (non-hydrogen) atoms. The van der Waals surface area contributed by atoms with E-state index in [0.29, 0.717) is 29.3 Å². The Morgan fingerprint density at radius 2 is 1.83 bits per heavy atom. The Bertz CT molecular complexity index is 1700. The van der Waals surface area contributed by atoms with Crippen molar-refractivity contribution in [3.8, 4) is 11.5 Å².